The summed E-state index contributed by atoms with van der Waals surface area (Å²) in [6.45, 7) is 5.89. The van der Waals surface area contributed by atoms with Crippen molar-refractivity contribution in [2.45, 2.75) is 31.7 Å². The van der Waals surface area contributed by atoms with Gasteiger partial charge >= 0.3 is 0 Å². The summed E-state index contributed by atoms with van der Waals surface area (Å²) in [5, 5.41) is 1.24. The molecule has 0 amide bonds. The summed E-state index contributed by atoms with van der Waals surface area (Å²) in [5.41, 5.74) is 4.26. The first-order valence-corrected chi connectivity index (χ1v) is 6.07. The van der Waals surface area contributed by atoms with Crippen molar-refractivity contribution in [1.29, 1.82) is 0 Å². The number of pyridine rings is 1. The molecular formula is C10H14BrClN2O. The van der Waals surface area contributed by atoms with E-state index in [0.29, 0.717) is 10.4 Å². The first kappa shape index (κ1) is 12.7. The molecule has 3 nitrogen and oxygen atoms in total. The van der Waals surface area contributed by atoms with Crippen LogP contribution in [0.15, 0.2) is 12.3 Å². The molecule has 1 aromatic heterocycles. The summed E-state index contributed by atoms with van der Waals surface area (Å²) in [7, 11) is 0. The highest BCUT2D eigenvalue weighted by Gasteiger charge is 2.12. The average molecular weight is 294 g/mol. The molecule has 84 valence electrons. The number of rotatable bonds is 3. The number of hydrogen-bond donors (Lipinski definition) is 1. The van der Waals surface area contributed by atoms with Gasteiger partial charge in [-0.25, -0.2) is 0 Å². The second-order valence-electron chi connectivity index (χ2n) is 4.10. The average Bonchev–Trinajstić information content (AvgIpc) is 2.14. The minimum absolute atomic E-state index is 0.258. The van der Waals surface area contributed by atoms with Crippen molar-refractivity contribution in [2.75, 3.05) is 5.48 Å². The van der Waals surface area contributed by atoms with Gasteiger partial charge in [-0.2, -0.15) is 0 Å². The van der Waals surface area contributed by atoms with Crippen molar-refractivity contribution in [3.8, 4) is 0 Å². The Morgan fingerprint density at radius 3 is 2.73 bits per heavy atom. The number of hydrogen-bond acceptors (Lipinski definition) is 3. The zero-order valence-corrected chi connectivity index (χ0v) is 11.3. The van der Waals surface area contributed by atoms with Gasteiger partial charge < -0.3 is 0 Å². The van der Waals surface area contributed by atoms with Crippen LogP contribution in [0.3, 0.4) is 0 Å². The highest BCUT2D eigenvalue weighted by atomic mass is 79.9. The molecule has 1 aromatic rings. The van der Waals surface area contributed by atoms with Gasteiger partial charge in [-0.15, -0.1) is 0 Å². The van der Waals surface area contributed by atoms with Crippen molar-refractivity contribution < 1.29 is 4.84 Å². The molecule has 0 saturated carbocycles. The molecule has 0 fully saturated rings. The molecule has 0 aliphatic rings. The zero-order chi connectivity index (χ0) is 11.5. The molecule has 0 bridgehead atoms. The predicted octanol–water partition coefficient (Wildman–Crippen LogP) is 3.77. The Hall–Kier alpha value is -0.320. The topological polar surface area (TPSA) is 34.1 Å². The van der Waals surface area contributed by atoms with E-state index in [9.17, 15) is 0 Å². The SMILES string of the molecule is CC(C)(C)ONc1cc(Cl)cnc1CBr. The summed E-state index contributed by atoms with van der Waals surface area (Å²) in [4.78, 5) is 9.62. The monoisotopic (exact) mass is 292 g/mol. The van der Waals surface area contributed by atoms with E-state index in [0.717, 1.165) is 11.4 Å². The lowest BCUT2D eigenvalue weighted by Gasteiger charge is -2.20. The number of alkyl halides is 1. The lowest BCUT2D eigenvalue weighted by atomic mass is 10.2. The van der Waals surface area contributed by atoms with Crippen LogP contribution in [0.2, 0.25) is 5.02 Å². The van der Waals surface area contributed by atoms with Crippen LogP contribution in [0.4, 0.5) is 5.69 Å². The van der Waals surface area contributed by atoms with E-state index in [4.69, 9.17) is 16.4 Å². The third-order valence-corrected chi connectivity index (χ3v) is 2.27. The summed E-state index contributed by atoms with van der Waals surface area (Å²) in [5.74, 6) is 0. The van der Waals surface area contributed by atoms with Crippen LogP contribution in [0.5, 0.6) is 0 Å². The number of halogens is 2. The Morgan fingerprint density at radius 2 is 2.20 bits per heavy atom. The van der Waals surface area contributed by atoms with Gasteiger partial charge in [0.15, 0.2) is 0 Å². The first-order valence-electron chi connectivity index (χ1n) is 4.57. The van der Waals surface area contributed by atoms with Crippen LogP contribution in [0.1, 0.15) is 26.5 Å². The molecule has 0 saturated heterocycles. The second kappa shape index (κ2) is 5.14. The molecule has 1 N–H and O–H groups in total. The van der Waals surface area contributed by atoms with Gasteiger partial charge in [0.25, 0.3) is 0 Å². The van der Waals surface area contributed by atoms with Crippen molar-refractivity contribution in [3.63, 3.8) is 0 Å². The molecule has 5 heteroatoms. The highest BCUT2D eigenvalue weighted by molar-refractivity contribution is 9.08. The van der Waals surface area contributed by atoms with Crippen molar-refractivity contribution >= 4 is 33.2 Å². The van der Waals surface area contributed by atoms with Gasteiger partial charge in [-0.1, -0.05) is 27.5 Å². The predicted molar refractivity (Wildman–Crippen MR) is 66.3 cm³/mol. The number of aromatic nitrogens is 1. The van der Waals surface area contributed by atoms with Crippen LogP contribution in [-0.2, 0) is 10.2 Å². The summed E-state index contributed by atoms with van der Waals surface area (Å²) in [6.07, 6.45) is 1.61. The third-order valence-electron chi connectivity index (χ3n) is 1.53. The molecule has 0 aromatic carbocycles. The maximum absolute atomic E-state index is 5.85. The summed E-state index contributed by atoms with van der Waals surface area (Å²) < 4.78 is 0. The Morgan fingerprint density at radius 1 is 1.53 bits per heavy atom. The quantitative estimate of drug-likeness (QED) is 0.680. The fraction of sp³-hybridized carbons (Fsp3) is 0.500. The van der Waals surface area contributed by atoms with Crippen molar-refractivity contribution in [2.24, 2.45) is 0 Å². The van der Waals surface area contributed by atoms with E-state index in [1.165, 1.54) is 0 Å². The van der Waals surface area contributed by atoms with E-state index in [1.54, 1.807) is 12.3 Å². The van der Waals surface area contributed by atoms with Gasteiger partial charge in [0.1, 0.15) is 0 Å². The first-order chi connectivity index (χ1) is 6.92. The Bertz CT molecular complexity index is 339. The van der Waals surface area contributed by atoms with Gasteiger partial charge in [0.2, 0.25) is 0 Å². The number of anilines is 1. The fourth-order valence-corrected chi connectivity index (χ4v) is 1.48. The fourth-order valence-electron chi connectivity index (χ4n) is 0.871. The standard InChI is InChI=1S/C10H14BrClN2O/c1-10(2,3)15-14-8-4-7(12)6-13-9(8)5-11/h4,6,14H,5H2,1-3H3. The van der Waals surface area contributed by atoms with E-state index in [1.807, 2.05) is 20.8 Å². The minimum atomic E-state index is -0.258. The Balaban J connectivity index is 2.79. The maximum Gasteiger partial charge on any atom is 0.0876 e. The van der Waals surface area contributed by atoms with Gasteiger partial charge in [0.05, 0.1) is 22.0 Å². The number of nitrogens with one attached hydrogen (secondary N) is 1. The van der Waals surface area contributed by atoms with Crippen LogP contribution >= 0.6 is 27.5 Å². The third kappa shape index (κ3) is 4.36. The van der Waals surface area contributed by atoms with Gasteiger partial charge in [-0.05, 0) is 26.8 Å². The lowest BCUT2D eigenvalue weighted by molar-refractivity contribution is 0.0373. The molecule has 0 aliphatic carbocycles. The maximum atomic E-state index is 5.85. The van der Waals surface area contributed by atoms with E-state index in [2.05, 4.69) is 26.4 Å². The Labute approximate surface area is 103 Å². The molecular weight excluding hydrogens is 279 g/mol. The van der Waals surface area contributed by atoms with E-state index in [-0.39, 0.29) is 5.60 Å². The highest BCUT2D eigenvalue weighted by Crippen LogP contribution is 2.21. The molecule has 0 spiro atoms. The van der Waals surface area contributed by atoms with Crippen LogP contribution in [0, 0.1) is 0 Å². The van der Waals surface area contributed by atoms with Gasteiger partial charge in [-0.3, -0.25) is 15.3 Å². The summed E-state index contributed by atoms with van der Waals surface area (Å²) in [6, 6.07) is 1.79. The van der Waals surface area contributed by atoms with Gasteiger partial charge in [0, 0.05) is 11.5 Å². The molecule has 15 heavy (non-hydrogen) atoms. The zero-order valence-electron chi connectivity index (χ0n) is 8.97. The molecule has 0 unspecified atom stereocenters. The van der Waals surface area contributed by atoms with Crippen LogP contribution in [0.25, 0.3) is 0 Å². The molecule has 0 atom stereocenters. The molecule has 0 radical (unpaired) electrons. The lowest BCUT2D eigenvalue weighted by Crippen LogP contribution is -2.23. The van der Waals surface area contributed by atoms with Crippen molar-refractivity contribution in [3.05, 3.63) is 23.0 Å². The summed E-state index contributed by atoms with van der Waals surface area (Å²) >= 11 is 9.20. The largest absolute Gasteiger partial charge is 0.270 e. The van der Waals surface area contributed by atoms with E-state index < -0.39 is 0 Å². The van der Waals surface area contributed by atoms with Crippen LogP contribution < -0.4 is 5.48 Å². The minimum Gasteiger partial charge on any atom is -0.270 e. The molecule has 0 aliphatic heterocycles. The molecule has 1 heterocycles. The second-order valence-corrected chi connectivity index (χ2v) is 5.10. The van der Waals surface area contributed by atoms with Crippen molar-refractivity contribution in [1.82, 2.24) is 4.98 Å². The smallest absolute Gasteiger partial charge is 0.0876 e. The van der Waals surface area contributed by atoms with Crippen LogP contribution in [-0.4, -0.2) is 10.6 Å². The number of nitrogens with zero attached hydrogens (tertiary/aromatic N) is 1. The normalized spacial score (nSPS) is 11.5. The molecule has 1 rings (SSSR count). The Kier molecular flexibility index (Phi) is 4.37. The van der Waals surface area contributed by atoms with E-state index >= 15 is 0 Å².